The number of hydrogen-bond acceptors (Lipinski definition) is 3. The average molecular weight is 266 g/mol. The van der Waals surface area contributed by atoms with Gasteiger partial charge in [0.25, 0.3) is 0 Å². The van der Waals surface area contributed by atoms with Gasteiger partial charge >= 0.3 is 0 Å². The van der Waals surface area contributed by atoms with E-state index in [1.807, 2.05) is 38.4 Å². The Labute approximate surface area is 112 Å². The van der Waals surface area contributed by atoms with Gasteiger partial charge in [0.05, 0.1) is 23.5 Å². The fourth-order valence-corrected chi connectivity index (χ4v) is 1.96. The fraction of sp³-hybridized carbons (Fsp3) is 0.308. The van der Waals surface area contributed by atoms with Gasteiger partial charge in [0.1, 0.15) is 5.75 Å². The topological polar surface area (TPSA) is 39.1 Å². The van der Waals surface area contributed by atoms with E-state index >= 15 is 0 Å². The van der Waals surface area contributed by atoms with Gasteiger partial charge < -0.3 is 10.1 Å². The number of hydrogen-bond donors (Lipinski definition) is 1. The van der Waals surface area contributed by atoms with Crippen molar-refractivity contribution in [1.29, 1.82) is 0 Å². The summed E-state index contributed by atoms with van der Waals surface area (Å²) in [5, 5.41) is 8.27. The summed E-state index contributed by atoms with van der Waals surface area (Å²) in [7, 11) is 3.55. The zero-order valence-corrected chi connectivity index (χ0v) is 11.5. The molecule has 1 aromatic heterocycles. The van der Waals surface area contributed by atoms with Gasteiger partial charge in [0, 0.05) is 31.4 Å². The molecule has 0 aliphatic heterocycles. The Hall–Kier alpha value is -1.68. The molecule has 1 N–H and O–H groups in total. The molecule has 0 aliphatic rings. The van der Waals surface area contributed by atoms with E-state index < -0.39 is 0 Å². The first-order valence-electron chi connectivity index (χ1n) is 5.66. The van der Waals surface area contributed by atoms with E-state index in [0.717, 1.165) is 22.7 Å². The molecule has 0 unspecified atom stereocenters. The maximum atomic E-state index is 6.13. The van der Waals surface area contributed by atoms with Crippen molar-refractivity contribution in [3.8, 4) is 5.75 Å². The molecule has 0 atom stereocenters. The lowest BCUT2D eigenvalue weighted by molar-refractivity contribution is 0.415. The zero-order valence-electron chi connectivity index (χ0n) is 10.7. The predicted molar refractivity (Wildman–Crippen MR) is 73.3 cm³/mol. The molecule has 1 heterocycles. The largest absolute Gasteiger partial charge is 0.497 e. The Morgan fingerprint density at radius 2 is 2.22 bits per heavy atom. The van der Waals surface area contributed by atoms with E-state index in [1.165, 1.54) is 0 Å². The van der Waals surface area contributed by atoms with E-state index in [-0.39, 0.29) is 0 Å². The second kappa shape index (κ2) is 5.31. The highest BCUT2D eigenvalue weighted by molar-refractivity contribution is 6.33. The summed E-state index contributed by atoms with van der Waals surface area (Å²) in [6.45, 7) is 2.68. The van der Waals surface area contributed by atoms with Gasteiger partial charge in [-0.2, -0.15) is 5.10 Å². The molecule has 0 amide bonds. The van der Waals surface area contributed by atoms with Crippen LogP contribution >= 0.6 is 11.6 Å². The molecule has 2 rings (SSSR count). The molecule has 0 aliphatic carbocycles. The number of rotatable bonds is 4. The highest BCUT2D eigenvalue weighted by atomic mass is 35.5. The number of methoxy groups -OCH3 is 1. The van der Waals surface area contributed by atoms with E-state index in [1.54, 1.807) is 11.8 Å². The van der Waals surface area contributed by atoms with Crippen molar-refractivity contribution in [1.82, 2.24) is 9.78 Å². The molecule has 1 aromatic carbocycles. The minimum absolute atomic E-state index is 0.678. The predicted octanol–water partition coefficient (Wildman–Crippen LogP) is 3.00. The third-order valence-corrected chi connectivity index (χ3v) is 3.09. The summed E-state index contributed by atoms with van der Waals surface area (Å²) in [5.41, 5.74) is 3.03. The van der Waals surface area contributed by atoms with Crippen LogP contribution in [0.5, 0.6) is 5.75 Å². The molecule has 0 radical (unpaired) electrons. The molecule has 0 spiro atoms. The van der Waals surface area contributed by atoms with Crippen LogP contribution in [-0.2, 0) is 13.6 Å². The summed E-state index contributed by atoms with van der Waals surface area (Å²) in [5.74, 6) is 0.782. The van der Waals surface area contributed by atoms with Gasteiger partial charge in [0.2, 0.25) is 0 Å². The number of halogens is 1. The van der Waals surface area contributed by atoms with Crippen LogP contribution in [0.4, 0.5) is 5.69 Å². The fourth-order valence-electron chi connectivity index (χ4n) is 1.78. The normalized spacial score (nSPS) is 10.4. The highest BCUT2D eigenvalue weighted by Crippen LogP contribution is 2.27. The van der Waals surface area contributed by atoms with E-state index in [2.05, 4.69) is 10.4 Å². The Bertz CT molecular complexity index is 551. The first kappa shape index (κ1) is 12.8. The molecule has 0 fully saturated rings. The van der Waals surface area contributed by atoms with Crippen molar-refractivity contribution < 1.29 is 4.74 Å². The number of nitrogens with one attached hydrogen (secondary N) is 1. The molecular formula is C13H16ClN3O. The van der Waals surface area contributed by atoms with Crippen LogP contribution in [0, 0.1) is 6.92 Å². The van der Waals surface area contributed by atoms with Crippen molar-refractivity contribution in [2.45, 2.75) is 13.5 Å². The molecule has 0 bridgehead atoms. The van der Waals surface area contributed by atoms with Crippen LogP contribution in [0.2, 0.25) is 5.02 Å². The third kappa shape index (κ3) is 2.76. The first-order chi connectivity index (χ1) is 8.60. The van der Waals surface area contributed by atoms with E-state index in [4.69, 9.17) is 16.3 Å². The van der Waals surface area contributed by atoms with Crippen LogP contribution in [0.25, 0.3) is 0 Å². The molecule has 5 heteroatoms. The lowest BCUT2D eigenvalue weighted by Gasteiger charge is -2.09. The van der Waals surface area contributed by atoms with Crippen LogP contribution in [0.3, 0.4) is 0 Å². The maximum absolute atomic E-state index is 6.13. The quantitative estimate of drug-likeness (QED) is 0.924. The summed E-state index contributed by atoms with van der Waals surface area (Å²) in [6.07, 6.45) is 2.00. The van der Waals surface area contributed by atoms with Crippen molar-refractivity contribution in [2.75, 3.05) is 12.4 Å². The van der Waals surface area contributed by atoms with Gasteiger partial charge in [-0.3, -0.25) is 4.68 Å². The van der Waals surface area contributed by atoms with E-state index in [9.17, 15) is 0 Å². The Balaban J connectivity index is 2.12. The summed E-state index contributed by atoms with van der Waals surface area (Å²) >= 11 is 6.13. The zero-order chi connectivity index (χ0) is 13.1. The van der Waals surface area contributed by atoms with Crippen LogP contribution in [-0.4, -0.2) is 16.9 Å². The standard InChI is InChI=1S/C13H16ClN3O/c1-9-10(8-17(2)16-9)7-15-13-6-11(18-3)4-5-12(13)14/h4-6,8,15H,7H2,1-3H3. The van der Waals surface area contributed by atoms with Gasteiger partial charge in [-0.15, -0.1) is 0 Å². The summed E-state index contributed by atoms with van der Waals surface area (Å²) in [4.78, 5) is 0. The lowest BCUT2D eigenvalue weighted by atomic mass is 10.2. The number of ether oxygens (including phenoxy) is 1. The maximum Gasteiger partial charge on any atom is 0.121 e. The van der Waals surface area contributed by atoms with Crippen LogP contribution in [0.15, 0.2) is 24.4 Å². The molecule has 96 valence electrons. The second-order valence-corrected chi connectivity index (χ2v) is 4.52. The van der Waals surface area contributed by atoms with Gasteiger partial charge in [-0.1, -0.05) is 11.6 Å². The number of aryl methyl sites for hydroxylation is 2. The number of anilines is 1. The monoisotopic (exact) mass is 265 g/mol. The first-order valence-corrected chi connectivity index (χ1v) is 6.04. The Morgan fingerprint density at radius 3 is 2.83 bits per heavy atom. The lowest BCUT2D eigenvalue weighted by Crippen LogP contribution is -2.00. The van der Waals surface area contributed by atoms with Crippen molar-refractivity contribution >= 4 is 17.3 Å². The summed E-state index contributed by atoms with van der Waals surface area (Å²) < 4.78 is 6.98. The van der Waals surface area contributed by atoms with Crippen LogP contribution < -0.4 is 10.1 Å². The second-order valence-electron chi connectivity index (χ2n) is 4.11. The van der Waals surface area contributed by atoms with Crippen molar-refractivity contribution in [3.63, 3.8) is 0 Å². The Morgan fingerprint density at radius 1 is 1.44 bits per heavy atom. The summed E-state index contributed by atoms with van der Waals surface area (Å²) in [6, 6.07) is 5.54. The van der Waals surface area contributed by atoms with Crippen molar-refractivity contribution in [3.05, 3.63) is 40.7 Å². The highest BCUT2D eigenvalue weighted by Gasteiger charge is 2.05. The third-order valence-electron chi connectivity index (χ3n) is 2.76. The van der Waals surface area contributed by atoms with Gasteiger partial charge in [-0.25, -0.2) is 0 Å². The minimum atomic E-state index is 0.678. The number of nitrogens with zero attached hydrogens (tertiary/aromatic N) is 2. The minimum Gasteiger partial charge on any atom is -0.497 e. The molecular weight excluding hydrogens is 250 g/mol. The van der Waals surface area contributed by atoms with Gasteiger partial charge in [0.15, 0.2) is 0 Å². The molecule has 2 aromatic rings. The molecule has 4 nitrogen and oxygen atoms in total. The SMILES string of the molecule is COc1ccc(Cl)c(NCc2cn(C)nc2C)c1. The molecule has 0 saturated carbocycles. The van der Waals surface area contributed by atoms with Gasteiger partial charge in [-0.05, 0) is 19.1 Å². The molecule has 18 heavy (non-hydrogen) atoms. The van der Waals surface area contributed by atoms with Crippen LogP contribution in [0.1, 0.15) is 11.3 Å². The van der Waals surface area contributed by atoms with E-state index in [0.29, 0.717) is 11.6 Å². The molecule has 0 saturated heterocycles. The average Bonchev–Trinajstić information content (AvgIpc) is 2.67. The Kier molecular flexibility index (Phi) is 3.77. The number of benzene rings is 1. The smallest absolute Gasteiger partial charge is 0.121 e. The number of aromatic nitrogens is 2. The van der Waals surface area contributed by atoms with Crippen molar-refractivity contribution in [2.24, 2.45) is 7.05 Å².